The number of phenolic OH excluding ortho intramolecular Hbond substituents is 1. The molecule has 0 saturated carbocycles. The molecule has 2 rings (SSSR count). The van der Waals surface area contributed by atoms with Crippen molar-refractivity contribution < 1.29 is 18.3 Å². The van der Waals surface area contributed by atoms with Crippen molar-refractivity contribution in [2.75, 3.05) is 4.72 Å². The maximum absolute atomic E-state index is 12.6. The molecule has 0 aliphatic rings. The summed E-state index contributed by atoms with van der Waals surface area (Å²) in [4.78, 5) is 1.18. The fourth-order valence-electron chi connectivity index (χ4n) is 2.54. The Hall–Kier alpha value is -2.37. The highest BCUT2D eigenvalue weighted by molar-refractivity contribution is 8.02. The van der Waals surface area contributed by atoms with Gasteiger partial charge in [0.15, 0.2) is 0 Å². The second kappa shape index (κ2) is 18.0. The summed E-state index contributed by atoms with van der Waals surface area (Å²) in [5.74, 6) is -0.780. The van der Waals surface area contributed by atoms with Gasteiger partial charge in [-0.3, -0.25) is 0 Å². The lowest BCUT2D eigenvalue weighted by Gasteiger charge is -2.10. The topological polar surface area (TPSA) is 56.0 Å². The number of allylic oxidation sites excluding steroid dienone is 4. The van der Waals surface area contributed by atoms with E-state index in [1.165, 1.54) is 47.7 Å². The molecule has 0 radical (unpaired) electrons. The Morgan fingerprint density at radius 3 is 2.24 bits per heavy atom. The Morgan fingerprint density at radius 2 is 1.82 bits per heavy atom. The second-order valence-electron chi connectivity index (χ2n) is 7.00. The van der Waals surface area contributed by atoms with Crippen LogP contribution in [0.1, 0.15) is 77.2 Å². The van der Waals surface area contributed by atoms with Crippen molar-refractivity contribution in [1.29, 1.82) is 5.26 Å². The van der Waals surface area contributed by atoms with Crippen LogP contribution in [0, 0.1) is 11.3 Å². The number of nitriles is 1. The van der Waals surface area contributed by atoms with Crippen LogP contribution < -0.4 is 4.72 Å². The molecular formula is C26H35F3N2OS2. The Kier molecular flexibility index (Phi) is 16.8. The van der Waals surface area contributed by atoms with Gasteiger partial charge in [-0.15, -0.1) is 11.3 Å². The highest BCUT2D eigenvalue weighted by Gasteiger charge is 2.33. The number of nitrogens with one attached hydrogen (secondary N) is 1. The molecule has 0 amide bonds. The van der Waals surface area contributed by atoms with Gasteiger partial charge in [0.05, 0.1) is 22.3 Å². The van der Waals surface area contributed by atoms with Crippen molar-refractivity contribution in [3.63, 3.8) is 0 Å². The highest BCUT2D eigenvalue weighted by Crippen LogP contribution is 2.38. The number of hydrogen-bond donors (Lipinski definition) is 2. The number of thiophene rings is 1. The van der Waals surface area contributed by atoms with Gasteiger partial charge >= 0.3 is 6.18 Å². The molecule has 2 N–H and O–H groups in total. The number of nitrogens with zero attached hydrogens (tertiary/aromatic N) is 1. The molecule has 0 fully saturated rings. The Balaban J connectivity index is 0.000000824. The van der Waals surface area contributed by atoms with Crippen molar-refractivity contribution in [3.8, 4) is 11.8 Å². The first-order valence-corrected chi connectivity index (χ1v) is 12.9. The molecule has 0 bridgehead atoms. The summed E-state index contributed by atoms with van der Waals surface area (Å²) in [7, 11) is 0. The van der Waals surface area contributed by atoms with E-state index in [0.717, 1.165) is 22.8 Å². The van der Waals surface area contributed by atoms with E-state index in [-0.39, 0.29) is 0 Å². The standard InChI is InChI=1S/C16H16F3NOS2.C5H7N.C5H12/c1-3-10(4-2)14-7-8-15(22-14)23-20-11-5-6-12(13(21)9-11)16(17,18)19;1-2-3-4-5-6;1-3-5-4-2/h3,5-9,20-21H,4H2,1-2H3;2-3H,4H2,1H3;3-5H2,1-2H3/b10-3+;3-2+;. The Bertz CT molecular complexity index is 927. The lowest BCUT2D eigenvalue weighted by Crippen LogP contribution is -2.05. The van der Waals surface area contributed by atoms with Crippen LogP contribution in [0.4, 0.5) is 18.9 Å². The number of halogens is 3. The monoisotopic (exact) mass is 512 g/mol. The van der Waals surface area contributed by atoms with E-state index in [2.05, 4.69) is 31.6 Å². The fraction of sp³-hybridized carbons (Fsp3) is 0.423. The van der Waals surface area contributed by atoms with Gasteiger partial charge in [-0.05, 0) is 62.1 Å². The average Bonchev–Trinajstić information content (AvgIpc) is 3.26. The van der Waals surface area contributed by atoms with E-state index in [4.69, 9.17) is 5.26 Å². The Morgan fingerprint density at radius 1 is 1.15 bits per heavy atom. The van der Waals surface area contributed by atoms with Gasteiger partial charge in [-0.1, -0.05) is 58.3 Å². The van der Waals surface area contributed by atoms with Crippen LogP contribution in [-0.2, 0) is 6.18 Å². The number of hydrogen-bond acceptors (Lipinski definition) is 5. The molecule has 1 heterocycles. The van der Waals surface area contributed by atoms with Crippen molar-refractivity contribution in [1.82, 2.24) is 0 Å². The Labute approximate surface area is 210 Å². The molecule has 0 unspecified atom stereocenters. The summed E-state index contributed by atoms with van der Waals surface area (Å²) >= 11 is 2.91. The molecule has 0 saturated heterocycles. The van der Waals surface area contributed by atoms with Gasteiger partial charge in [0.2, 0.25) is 0 Å². The van der Waals surface area contributed by atoms with Gasteiger partial charge in [-0.25, -0.2) is 0 Å². The number of alkyl halides is 3. The third-order valence-electron chi connectivity index (χ3n) is 4.35. The van der Waals surface area contributed by atoms with E-state index in [9.17, 15) is 18.3 Å². The van der Waals surface area contributed by atoms with Crippen LogP contribution in [0.15, 0.2) is 52.8 Å². The molecule has 2 aromatic rings. The maximum atomic E-state index is 12.6. The molecule has 34 heavy (non-hydrogen) atoms. The minimum Gasteiger partial charge on any atom is -0.507 e. The summed E-state index contributed by atoms with van der Waals surface area (Å²) in [6.07, 6.45) is 6.76. The third-order valence-corrected chi connectivity index (χ3v) is 6.48. The van der Waals surface area contributed by atoms with Crippen molar-refractivity contribution in [3.05, 3.63) is 59.0 Å². The zero-order valence-electron chi connectivity index (χ0n) is 20.5. The molecule has 1 aromatic carbocycles. The summed E-state index contributed by atoms with van der Waals surface area (Å²) in [6, 6.07) is 9.21. The van der Waals surface area contributed by atoms with Gasteiger partial charge in [0.1, 0.15) is 5.75 Å². The zero-order chi connectivity index (χ0) is 26.0. The largest absolute Gasteiger partial charge is 0.507 e. The molecule has 0 aliphatic heterocycles. The SMILES string of the molecule is C/C=C(\CC)c1ccc(SNc2ccc(C(F)(F)F)c(O)c2)s1.C/C=C/CC#N.CCCCC. The van der Waals surface area contributed by atoms with E-state index in [1.807, 2.05) is 44.2 Å². The van der Waals surface area contributed by atoms with Crippen LogP contribution in [0.2, 0.25) is 0 Å². The first kappa shape index (κ1) is 31.6. The van der Waals surface area contributed by atoms with Crippen molar-refractivity contribution in [2.45, 2.75) is 77.1 Å². The van der Waals surface area contributed by atoms with E-state index in [1.54, 1.807) is 11.3 Å². The molecule has 188 valence electrons. The lowest BCUT2D eigenvalue weighted by molar-refractivity contribution is -0.138. The number of rotatable bonds is 8. The fourth-order valence-corrected chi connectivity index (χ4v) is 4.46. The number of aromatic hydroxyl groups is 1. The zero-order valence-corrected chi connectivity index (χ0v) is 22.1. The predicted octanol–water partition coefficient (Wildman–Crippen LogP) is 10.1. The number of phenols is 1. The van der Waals surface area contributed by atoms with Crippen LogP contribution >= 0.6 is 23.3 Å². The van der Waals surface area contributed by atoms with E-state index < -0.39 is 17.5 Å². The number of anilines is 1. The molecule has 8 heteroatoms. The summed E-state index contributed by atoms with van der Waals surface area (Å²) in [5.41, 5.74) is 0.637. The predicted molar refractivity (Wildman–Crippen MR) is 141 cm³/mol. The summed E-state index contributed by atoms with van der Waals surface area (Å²) in [6.45, 7) is 10.4. The van der Waals surface area contributed by atoms with Crippen LogP contribution in [0.3, 0.4) is 0 Å². The van der Waals surface area contributed by atoms with Crippen LogP contribution in [0.5, 0.6) is 5.75 Å². The first-order valence-electron chi connectivity index (χ1n) is 11.2. The minimum atomic E-state index is -4.55. The lowest BCUT2D eigenvalue weighted by atomic mass is 10.1. The smallest absolute Gasteiger partial charge is 0.419 e. The number of benzene rings is 1. The minimum absolute atomic E-state index is 0.414. The van der Waals surface area contributed by atoms with Crippen molar-refractivity contribution >= 4 is 34.5 Å². The van der Waals surface area contributed by atoms with E-state index in [0.29, 0.717) is 12.1 Å². The van der Waals surface area contributed by atoms with Crippen molar-refractivity contribution in [2.24, 2.45) is 0 Å². The summed E-state index contributed by atoms with van der Waals surface area (Å²) < 4.78 is 41.7. The van der Waals surface area contributed by atoms with Gasteiger partial charge in [0, 0.05) is 16.6 Å². The molecule has 1 aromatic heterocycles. The normalized spacial score (nSPS) is 11.2. The average molecular weight is 513 g/mol. The summed E-state index contributed by atoms with van der Waals surface area (Å²) in [5, 5.41) is 17.4. The first-order chi connectivity index (χ1) is 16.2. The van der Waals surface area contributed by atoms with E-state index >= 15 is 0 Å². The number of unbranched alkanes of at least 4 members (excludes halogenated alkanes) is 2. The highest BCUT2D eigenvalue weighted by atomic mass is 32.2. The second-order valence-corrected chi connectivity index (χ2v) is 9.20. The molecule has 3 nitrogen and oxygen atoms in total. The molecule has 0 spiro atoms. The molecular weight excluding hydrogens is 477 g/mol. The van der Waals surface area contributed by atoms with Gasteiger partial charge in [0.25, 0.3) is 0 Å². The van der Waals surface area contributed by atoms with Gasteiger partial charge < -0.3 is 9.83 Å². The third kappa shape index (κ3) is 12.8. The molecule has 0 aliphatic carbocycles. The van der Waals surface area contributed by atoms with Crippen LogP contribution in [-0.4, -0.2) is 5.11 Å². The maximum Gasteiger partial charge on any atom is 0.419 e. The quantitative estimate of drug-likeness (QED) is 0.273. The molecule has 0 atom stereocenters. The van der Waals surface area contributed by atoms with Gasteiger partial charge in [-0.2, -0.15) is 18.4 Å². The van der Waals surface area contributed by atoms with Crippen LogP contribution in [0.25, 0.3) is 5.57 Å².